The molecule has 0 saturated heterocycles. The van der Waals surface area contributed by atoms with E-state index in [1.807, 2.05) is 26.0 Å². The average Bonchev–Trinajstić information content (AvgIpc) is 3.09. The summed E-state index contributed by atoms with van der Waals surface area (Å²) < 4.78 is 12.1. The molecule has 0 aliphatic heterocycles. The zero-order valence-electron chi connectivity index (χ0n) is 11.6. The SMILES string of the molecule is CCOc1cc(Br)c(C(O)C2CC2C)cc1OCC. The van der Waals surface area contributed by atoms with Crippen molar-refractivity contribution in [2.75, 3.05) is 13.2 Å². The number of ether oxygens (including phenoxy) is 2. The molecule has 1 aromatic rings. The normalized spacial score (nSPS) is 23.0. The Balaban J connectivity index is 2.30. The summed E-state index contributed by atoms with van der Waals surface area (Å²) in [5.41, 5.74) is 0.890. The highest BCUT2D eigenvalue weighted by Gasteiger charge is 2.40. The van der Waals surface area contributed by atoms with Crippen LogP contribution in [0.25, 0.3) is 0 Å². The van der Waals surface area contributed by atoms with Gasteiger partial charge in [0.15, 0.2) is 11.5 Å². The van der Waals surface area contributed by atoms with Gasteiger partial charge in [-0.25, -0.2) is 0 Å². The first-order chi connectivity index (χ1) is 9.08. The Kier molecular flexibility index (Phi) is 4.74. The van der Waals surface area contributed by atoms with Crippen LogP contribution in [0.15, 0.2) is 16.6 Å². The first kappa shape index (κ1) is 14.7. The Hall–Kier alpha value is -0.740. The quantitative estimate of drug-likeness (QED) is 0.859. The summed E-state index contributed by atoms with van der Waals surface area (Å²) in [5, 5.41) is 10.4. The van der Waals surface area contributed by atoms with E-state index in [1.165, 1.54) is 0 Å². The molecule has 1 N–H and O–H groups in total. The summed E-state index contributed by atoms with van der Waals surface area (Å²) in [7, 11) is 0. The van der Waals surface area contributed by atoms with Crippen molar-refractivity contribution in [2.45, 2.75) is 33.3 Å². The largest absolute Gasteiger partial charge is 0.490 e. The van der Waals surface area contributed by atoms with Gasteiger partial charge in [-0.2, -0.15) is 0 Å². The molecule has 1 fully saturated rings. The second-order valence-electron chi connectivity index (χ2n) is 5.01. The van der Waals surface area contributed by atoms with Crippen LogP contribution in [0, 0.1) is 11.8 Å². The van der Waals surface area contributed by atoms with Crippen LogP contribution in [0.1, 0.15) is 38.9 Å². The first-order valence-electron chi connectivity index (χ1n) is 6.85. The molecule has 0 aromatic heterocycles. The number of rotatable bonds is 6. The van der Waals surface area contributed by atoms with Crippen LogP contribution in [-0.2, 0) is 0 Å². The lowest BCUT2D eigenvalue weighted by Gasteiger charge is -2.17. The van der Waals surface area contributed by atoms with Gasteiger partial charge in [0.25, 0.3) is 0 Å². The summed E-state index contributed by atoms with van der Waals surface area (Å²) in [6.45, 7) is 7.22. The minimum absolute atomic E-state index is 0.365. The van der Waals surface area contributed by atoms with Crippen LogP contribution >= 0.6 is 15.9 Å². The Morgan fingerprint density at radius 1 is 1.26 bits per heavy atom. The summed E-state index contributed by atoms with van der Waals surface area (Å²) >= 11 is 3.52. The van der Waals surface area contributed by atoms with Crippen molar-refractivity contribution in [1.29, 1.82) is 0 Å². The summed E-state index contributed by atoms with van der Waals surface area (Å²) in [4.78, 5) is 0. The van der Waals surface area contributed by atoms with E-state index in [0.29, 0.717) is 30.8 Å². The number of aliphatic hydroxyl groups is 1. The van der Waals surface area contributed by atoms with E-state index in [0.717, 1.165) is 22.2 Å². The average molecular weight is 329 g/mol. The standard InChI is InChI=1S/C15H21BrO3/c1-4-18-13-7-11(15(17)10-6-9(10)3)12(16)8-14(13)19-5-2/h7-10,15,17H,4-6H2,1-3H3. The molecule has 1 aliphatic rings. The molecule has 19 heavy (non-hydrogen) atoms. The van der Waals surface area contributed by atoms with Crippen LogP contribution in [0.4, 0.5) is 0 Å². The molecule has 0 bridgehead atoms. The fourth-order valence-electron chi connectivity index (χ4n) is 2.34. The number of benzene rings is 1. The van der Waals surface area contributed by atoms with Gasteiger partial charge in [0, 0.05) is 4.47 Å². The zero-order valence-corrected chi connectivity index (χ0v) is 13.2. The Bertz CT molecular complexity index is 447. The van der Waals surface area contributed by atoms with Crippen LogP contribution < -0.4 is 9.47 Å². The van der Waals surface area contributed by atoms with Crippen LogP contribution in [0.2, 0.25) is 0 Å². The van der Waals surface area contributed by atoms with Crippen molar-refractivity contribution in [2.24, 2.45) is 11.8 Å². The van der Waals surface area contributed by atoms with E-state index in [-0.39, 0.29) is 0 Å². The molecular weight excluding hydrogens is 308 g/mol. The summed E-state index contributed by atoms with van der Waals surface area (Å²) in [5.74, 6) is 2.39. The van der Waals surface area contributed by atoms with Gasteiger partial charge in [0.05, 0.1) is 19.3 Å². The maximum Gasteiger partial charge on any atom is 0.162 e. The van der Waals surface area contributed by atoms with Crippen molar-refractivity contribution < 1.29 is 14.6 Å². The van der Waals surface area contributed by atoms with Crippen molar-refractivity contribution in [1.82, 2.24) is 0 Å². The maximum atomic E-state index is 10.4. The zero-order chi connectivity index (χ0) is 14.0. The van der Waals surface area contributed by atoms with Crippen molar-refractivity contribution in [3.8, 4) is 11.5 Å². The molecule has 4 heteroatoms. The van der Waals surface area contributed by atoms with E-state index >= 15 is 0 Å². The molecule has 1 saturated carbocycles. The molecular formula is C15H21BrO3. The second kappa shape index (κ2) is 6.14. The lowest BCUT2D eigenvalue weighted by molar-refractivity contribution is 0.146. The van der Waals surface area contributed by atoms with Gasteiger partial charge in [0.1, 0.15) is 0 Å². The predicted octanol–water partition coefficient (Wildman–Crippen LogP) is 3.94. The number of halogens is 1. The van der Waals surface area contributed by atoms with E-state index in [2.05, 4.69) is 22.9 Å². The first-order valence-corrected chi connectivity index (χ1v) is 7.64. The maximum absolute atomic E-state index is 10.4. The third-order valence-corrected chi connectivity index (χ3v) is 4.25. The highest BCUT2D eigenvalue weighted by molar-refractivity contribution is 9.10. The Morgan fingerprint density at radius 3 is 2.26 bits per heavy atom. The molecule has 1 aromatic carbocycles. The number of hydrogen-bond donors (Lipinski definition) is 1. The summed E-state index contributed by atoms with van der Waals surface area (Å²) in [6, 6.07) is 3.79. The lowest BCUT2D eigenvalue weighted by Crippen LogP contribution is -2.05. The monoisotopic (exact) mass is 328 g/mol. The van der Waals surface area contributed by atoms with Gasteiger partial charge >= 0.3 is 0 Å². The van der Waals surface area contributed by atoms with Crippen molar-refractivity contribution >= 4 is 15.9 Å². The molecule has 3 unspecified atom stereocenters. The molecule has 0 spiro atoms. The molecule has 1 aliphatic carbocycles. The summed E-state index contributed by atoms with van der Waals surface area (Å²) in [6.07, 6.45) is 0.657. The fourth-order valence-corrected chi connectivity index (χ4v) is 2.89. The van der Waals surface area contributed by atoms with Crippen LogP contribution in [0.3, 0.4) is 0 Å². The minimum atomic E-state index is -0.431. The third-order valence-electron chi connectivity index (χ3n) is 3.56. The van der Waals surface area contributed by atoms with Gasteiger partial charge in [-0.1, -0.05) is 22.9 Å². The molecule has 3 nitrogen and oxygen atoms in total. The highest BCUT2D eigenvalue weighted by Crippen LogP contribution is 2.49. The molecule has 2 rings (SSSR count). The second-order valence-corrected chi connectivity index (χ2v) is 5.86. The van der Waals surface area contributed by atoms with Gasteiger partial charge in [-0.05, 0) is 49.8 Å². The Labute approximate surface area is 123 Å². The van der Waals surface area contributed by atoms with E-state index in [4.69, 9.17) is 9.47 Å². The van der Waals surface area contributed by atoms with Gasteiger partial charge in [-0.15, -0.1) is 0 Å². The minimum Gasteiger partial charge on any atom is -0.490 e. The smallest absolute Gasteiger partial charge is 0.162 e. The molecule has 3 atom stereocenters. The molecule has 0 radical (unpaired) electrons. The van der Waals surface area contributed by atoms with Gasteiger partial charge in [0.2, 0.25) is 0 Å². The lowest BCUT2D eigenvalue weighted by atomic mass is 10.0. The topological polar surface area (TPSA) is 38.7 Å². The highest BCUT2D eigenvalue weighted by atomic mass is 79.9. The van der Waals surface area contributed by atoms with E-state index < -0.39 is 6.10 Å². The van der Waals surface area contributed by atoms with Gasteiger partial charge < -0.3 is 14.6 Å². The van der Waals surface area contributed by atoms with E-state index in [1.54, 1.807) is 0 Å². The van der Waals surface area contributed by atoms with Gasteiger partial charge in [-0.3, -0.25) is 0 Å². The third kappa shape index (κ3) is 3.23. The van der Waals surface area contributed by atoms with Crippen molar-refractivity contribution in [3.63, 3.8) is 0 Å². The van der Waals surface area contributed by atoms with Crippen molar-refractivity contribution in [3.05, 3.63) is 22.2 Å². The number of aliphatic hydroxyl groups excluding tert-OH is 1. The van der Waals surface area contributed by atoms with Crippen LogP contribution in [0.5, 0.6) is 11.5 Å². The fraction of sp³-hybridized carbons (Fsp3) is 0.600. The van der Waals surface area contributed by atoms with Crippen LogP contribution in [-0.4, -0.2) is 18.3 Å². The Morgan fingerprint density at radius 2 is 1.79 bits per heavy atom. The van der Waals surface area contributed by atoms with E-state index in [9.17, 15) is 5.11 Å². The molecule has 0 amide bonds. The number of hydrogen-bond acceptors (Lipinski definition) is 3. The molecule has 106 valence electrons. The molecule has 0 heterocycles. The predicted molar refractivity (Wildman–Crippen MR) is 78.7 cm³/mol.